The van der Waals surface area contributed by atoms with Crippen molar-refractivity contribution < 1.29 is 26.6 Å². The van der Waals surface area contributed by atoms with Crippen molar-refractivity contribution in [2.45, 2.75) is 70.6 Å². The summed E-state index contributed by atoms with van der Waals surface area (Å²) in [6.07, 6.45) is 2.80. The number of nitrogens with one attached hydrogen (secondary N) is 1. The van der Waals surface area contributed by atoms with Crippen LogP contribution in [0.1, 0.15) is 52.9 Å². The normalized spacial score (nSPS) is 28.1. The minimum absolute atomic E-state index is 0.0266. The van der Waals surface area contributed by atoms with Crippen molar-refractivity contribution in [3.05, 3.63) is 0 Å². The van der Waals surface area contributed by atoms with Crippen LogP contribution in [0.25, 0.3) is 0 Å². The van der Waals surface area contributed by atoms with Crippen LogP contribution in [0.4, 0.5) is 8.68 Å². The Kier molecular flexibility index (Phi) is 5.96. The molecule has 3 atom stereocenters. The van der Waals surface area contributed by atoms with Crippen LogP contribution in [0.3, 0.4) is 0 Å². The van der Waals surface area contributed by atoms with E-state index >= 15 is 0 Å². The predicted molar refractivity (Wildman–Crippen MR) is 90.1 cm³/mol. The molecule has 0 aromatic heterocycles. The SMILES string of the molecule is CC(C)(C)OC(=O)NC1CCCCC1N1CC(CS(=O)(=O)F)CC1=O. The number of carbonyl (C=O) groups excluding carboxylic acids is 2. The summed E-state index contributed by atoms with van der Waals surface area (Å²) in [6.45, 7) is 5.53. The Morgan fingerprint density at radius 2 is 1.96 bits per heavy atom. The van der Waals surface area contributed by atoms with E-state index in [1.165, 1.54) is 0 Å². The molecule has 3 unspecified atom stereocenters. The number of ether oxygens (including phenoxy) is 1. The van der Waals surface area contributed by atoms with Crippen LogP contribution >= 0.6 is 0 Å². The molecule has 0 aromatic rings. The van der Waals surface area contributed by atoms with E-state index in [-0.39, 0.29) is 31.0 Å². The van der Waals surface area contributed by atoms with Gasteiger partial charge in [0.25, 0.3) is 0 Å². The zero-order valence-electron chi connectivity index (χ0n) is 15.0. The molecule has 9 heteroatoms. The third-order valence-electron chi connectivity index (χ3n) is 4.51. The lowest BCUT2D eigenvalue weighted by Crippen LogP contribution is -2.54. The van der Waals surface area contributed by atoms with Gasteiger partial charge in [0.2, 0.25) is 5.91 Å². The first kappa shape index (κ1) is 19.9. The summed E-state index contributed by atoms with van der Waals surface area (Å²) in [7, 11) is -4.61. The molecule has 2 rings (SSSR count). The molecule has 2 amide bonds. The van der Waals surface area contributed by atoms with Gasteiger partial charge in [0.05, 0.1) is 17.8 Å². The molecule has 144 valence electrons. The smallest absolute Gasteiger partial charge is 0.407 e. The van der Waals surface area contributed by atoms with Gasteiger partial charge in [-0.15, -0.1) is 3.89 Å². The fourth-order valence-electron chi connectivity index (χ4n) is 3.63. The van der Waals surface area contributed by atoms with Crippen molar-refractivity contribution in [1.29, 1.82) is 0 Å². The lowest BCUT2D eigenvalue weighted by molar-refractivity contribution is -0.130. The number of alkyl carbamates (subject to hydrolysis) is 1. The van der Waals surface area contributed by atoms with Gasteiger partial charge >= 0.3 is 16.3 Å². The molecule has 2 aliphatic rings. The molecule has 2 fully saturated rings. The number of amides is 2. The topological polar surface area (TPSA) is 92.8 Å². The molecule has 0 bridgehead atoms. The first-order valence-corrected chi connectivity index (χ1v) is 10.2. The van der Waals surface area contributed by atoms with Crippen molar-refractivity contribution in [3.63, 3.8) is 0 Å². The maximum atomic E-state index is 12.9. The molecule has 1 aliphatic carbocycles. The van der Waals surface area contributed by atoms with E-state index in [2.05, 4.69) is 5.32 Å². The zero-order chi connectivity index (χ0) is 18.8. The van der Waals surface area contributed by atoms with Gasteiger partial charge < -0.3 is 15.0 Å². The average molecular weight is 378 g/mol. The van der Waals surface area contributed by atoms with Gasteiger partial charge in [0.1, 0.15) is 5.60 Å². The standard InChI is InChI=1S/C16H27FN2O5S/c1-16(2,3)24-15(21)18-12-6-4-5-7-13(12)19-9-11(8-14(19)20)10-25(17,22)23/h11-13H,4-10H2,1-3H3,(H,18,21). The summed E-state index contributed by atoms with van der Waals surface area (Å²) >= 11 is 0. The van der Waals surface area contributed by atoms with Crippen LogP contribution in [-0.2, 0) is 19.8 Å². The Hall–Kier alpha value is -1.38. The van der Waals surface area contributed by atoms with Gasteiger partial charge in [0.15, 0.2) is 0 Å². The molecule has 1 saturated carbocycles. The molecule has 25 heavy (non-hydrogen) atoms. The predicted octanol–water partition coefficient (Wildman–Crippen LogP) is 1.97. The maximum absolute atomic E-state index is 12.9. The third kappa shape index (κ3) is 6.13. The van der Waals surface area contributed by atoms with E-state index in [0.29, 0.717) is 0 Å². The highest BCUT2D eigenvalue weighted by Gasteiger charge is 2.41. The number of carbonyl (C=O) groups is 2. The van der Waals surface area contributed by atoms with Gasteiger partial charge in [0, 0.05) is 18.9 Å². The summed E-state index contributed by atoms with van der Waals surface area (Å²) in [5, 5.41) is 2.84. The molecule has 1 heterocycles. The number of rotatable bonds is 4. The number of hydrogen-bond acceptors (Lipinski definition) is 5. The van der Waals surface area contributed by atoms with Crippen molar-refractivity contribution in [2.75, 3.05) is 12.3 Å². The van der Waals surface area contributed by atoms with Gasteiger partial charge in [-0.2, -0.15) is 8.42 Å². The first-order valence-electron chi connectivity index (χ1n) is 8.66. The lowest BCUT2D eigenvalue weighted by Gasteiger charge is -2.38. The van der Waals surface area contributed by atoms with Crippen LogP contribution in [0.5, 0.6) is 0 Å². The second-order valence-electron chi connectivity index (χ2n) is 7.93. The Morgan fingerprint density at radius 1 is 1.32 bits per heavy atom. The molecule has 0 aromatic carbocycles. The van der Waals surface area contributed by atoms with E-state index in [1.54, 1.807) is 25.7 Å². The molecule has 7 nitrogen and oxygen atoms in total. The largest absolute Gasteiger partial charge is 0.444 e. The molecule has 1 aliphatic heterocycles. The summed E-state index contributed by atoms with van der Waals surface area (Å²) in [5.41, 5.74) is -0.613. The van der Waals surface area contributed by atoms with Crippen molar-refractivity contribution in [2.24, 2.45) is 5.92 Å². The van der Waals surface area contributed by atoms with E-state index in [4.69, 9.17) is 4.74 Å². The van der Waals surface area contributed by atoms with Crippen LogP contribution in [-0.4, -0.2) is 55.3 Å². The van der Waals surface area contributed by atoms with E-state index in [0.717, 1.165) is 25.7 Å². The highest BCUT2D eigenvalue weighted by atomic mass is 32.3. The van der Waals surface area contributed by atoms with Gasteiger partial charge in [-0.3, -0.25) is 4.79 Å². The van der Waals surface area contributed by atoms with E-state index < -0.39 is 33.6 Å². The molecule has 1 saturated heterocycles. The summed E-state index contributed by atoms with van der Waals surface area (Å²) in [4.78, 5) is 26.0. The molecular formula is C16H27FN2O5S. The average Bonchev–Trinajstić information content (AvgIpc) is 2.75. The van der Waals surface area contributed by atoms with E-state index in [1.807, 2.05) is 0 Å². The number of nitrogens with zero attached hydrogens (tertiary/aromatic N) is 1. The molecule has 0 spiro atoms. The van der Waals surface area contributed by atoms with Gasteiger partial charge in [-0.05, 0) is 33.6 Å². The number of likely N-dealkylation sites (tertiary alicyclic amines) is 1. The molecule has 0 radical (unpaired) electrons. The Balaban J connectivity index is 2.02. The quantitative estimate of drug-likeness (QED) is 0.755. The second kappa shape index (κ2) is 7.47. The Morgan fingerprint density at radius 3 is 2.56 bits per heavy atom. The highest BCUT2D eigenvalue weighted by Crippen LogP contribution is 2.30. The van der Waals surface area contributed by atoms with E-state index in [9.17, 15) is 21.9 Å². The highest BCUT2D eigenvalue weighted by molar-refractivity contribution is 7.86. The Bertz CT molecular complexity index is 617. The van der Waals surface area contributed by atoms with Crippen LogP contribution < -0.4 is 5.32 Å². The monoisotopic (exact) mass is 378 g/mol. The minimum atomic E-state index is -4.61. The molecular weight excluding hydrogens is 351 g/mol. The lowest BCUT2D eigenvalue weighted by atomic mass is 9.89. The maximum Gasteiger partial charge on any atom is 0.407 e. The third-order valence-corrected chi connectivity index (χ3v) is 5.37. The number of halogens is 1. The van der Waals surface area contributed by atoms with Crippen LogP contribution in [0, 0.1) is 5.92 Å². The second-order valence-corrected chi connectivity index (χ2v) is 9.34. The zero-order valence-corrected chi connectivity index (χ0v) is 15.8. The van der Waals surface area contributed by atoms with Gasteiger partial charge in [-0.1, -0.05) is 12.8 Å². The van der Waals surface area contributed by atoms with Crippen molar-refractivity contribution in [1.82, 2.24) is 10.2 Å². The summed E-state index contributed by atoms with van der Waals surface area (Å²) in [5.74, 6) is -1.35. The summed E-state index contributed by atoms with van der Waals surface area (Å²) < 4.78 is 39.9. The van der Waals surface area contributed by atoms with Crippen molar-refractivity contribution in [3.8, 4) is 0 Å². The summed E-state index contributed by atoms with van der Waals surface area (Å²) in [6, 6.07) is -0.450. The first-order chi connectivity index (χ1) is 11.4. The minimum Gasteiger partial charge on any atom is -0.444 e. The fraction of sp³-hybridized carbons (Fsp3) is 0.875. The van der Waals surface area contributed by atoms with Crippen molar-refractivity contribution >= 4 is 22.2 Å². The van der Waals surface area contributed by atoms with Crippen LogP contribution in [0.2, 0.25) is 0 Å². The van der Waals surface area contributed by atoms with Crippen LogP contribution in [0.15, 0.2) is 0 Å². The Labute approximate surface area is 148 Å². The number of hydrogen-bond donors (Lipinski definition) is 1. The molecule has 1 N–H and O–H groups in total. The fourth-order valence-corrected chi connectivity index (χ4v) is 4.42. The van der Waals surface area contributed by atoms with Gasteiger partial charge in [-0.25, -0.2) is 4.79 Å².